The Kier molecular flexibility index (Phi) is 5.14. The van der Waals surface area contributed by atoms with E-state index in [1.54, 1.807) is 24.3 Å². The largest absolute Gasteiger partial charge is 0.442 e. The number of ether oxygens (including phenoxy) is 1. The van der Waals surface area contributed by atoms with E-state index in [4.69, 9.17) is 10.00 Å². The van der Waals surface area contributed by atoms with Crippen molar-refractivity contribution in [1.29, 1.82) is 5.26 Å². The third-order valence-corrected chi connectivity index (χ3v) is 2.97. The van der Waals surface area contributed by atoms with E-state index in [1.807, 2.05) is 6.07 Å². The molecule has 0 bridgehead atoms. The minimum absolute atomic E-state index is 0.160. The minimum atomic E-state index is -3.60. The second-order valence-corrected chi connectivity index (χ2v) is 5.07. The van der Waals surface area contributed by atoms with Gasteiger partial charge in [0.2, 0.25) is 6.40 Å². The van der Waals surface area contributed by atoms with Gasteiger partial charge < -0.3 is 4.74 Å². The molecule has 0 heterocycles. The molecule has 0 fully saturated rings. The van der Waals surface area contributed by atoms with Gasteiger partial charge >= 0.3 is 10.1 Å². The van der Waals surface area contributed by atoms with Gasteiger partial charge in [-0.1, -0.05) is 12.1 Å². The number of rotatable bonds is 6. The predicted octanol–water partition coefficient (Wildman–Crippen LogP) is 1.44. The first-order chi connectivity index (χ1) is 8.57. The van der Waals surface area contributed by atoms with E-state index in [2.05, 4.69) is 9.44 Å². The van der Waals surface area contributed by atoms with Crippen molar-refractivity contribution in [2.75, 3.05) is 5.75 Å². The Labute approximate surface area is 106 Å². The predicted molar refractivity (Wildman–Crippen MR) is 65.4 cm³/mol. The van der Waals surface area contributed by atoms with Gasteiger partial charge in [-0.2, -0.15) is 13.7 Å². The van der Waals surface area contributed by atoms with Gasteiger partial charge in [0, 0.05) is 0 Å². The van der Waals surface area contributed by atoms with E-state index in [1.165, 1.54) is 6.92 Å². The van der Waals surface area contributed by atoms with Crippen LogP contribution in [0.4, 0.5) is 0 Å². The number of benzene rings is 1. The molecule has 96 valence electrons. The summed E-state index contributed by atoms with van der Waals surface area (Å²) >= 11 is 0. The molecule has 7 heteroatoms. The van der Waals surface area contributed by atoms with Crippen molar-refractivity contribution in [1.82, 2.24) is 0 Å². The third kappa shape index (κ3) is 4.84. The molecule has 1 aromatic carbocycles. The van der Waals surface area contributed by atoms with Crippen LogP contribution in [0, 0.1) is 11.3 Å². The zero-order valence-corrected chi connectivity index (χ0v) is 10.6. The smallest absolute Gasteiger partial charge is 0.328 e. The zero-order chi connectivity index (χ0) is 13.4. The Morgan fingerprint density at radius 1 is 1.39 bits per heavy atom. The van der Waals surface area contributed by atoms with Crippen molar-refractivity contribution in [3.63, 3.8) is 0 Å². The molecule has 0 saturated carbocycles. The quantitative estimate of drug-likeness (QED) is 0.442. The Morgan fingerprint density at radius 2 is 2.06 bits per heavy atom. The molecule has 1 aromatic rings. The fraction of sp³-hybridized carbons (Fsp3) is 0.273. The summed E-state index contributed by atoms with van der Waals surface area (Å²) < 4.78 is 31.1. The summed E-state index contributed by atoms with van der Waals surface area (Å²) in [5, 5.41) is 11.7. The van der Waals surface area contributed by atoms with Crippen molar-refractivity contribution in [2.45, 2.75) is 13.3 Å². The molecule has 0 spiro atoms. The normalized spacial score (nSPS) is 11.1. The summed E-state index contributed by atoms with van der Waals surface area (Å²) in [6.45, 7) is 1.44. The topological polar surface area (TPSA) is 88.8 Å². The first-order valence-corrected chi connectivity index (χ1v) is 6.71. The van der Waals surface area contributed by atoms with Crippen LogP contribution in [0.3, 0.4) is 0 Å². The van der Waals surface area contributed by atoms with Crippen LogP contribution in [0.5, 0.6) is 5.75 Å². The van der Waals surface area contributed by atoms with E-state index >= 15 is 0 Å². The average Bonchev–Trinajstić information content (AvgIpc) is 2.37. The van der Waals surface area contributed by atoms with Gasteiger partial charge in [-0.05, 0) is 29.8 Å². The van der Waals surface area contributed by atoms with E-state index in [0.29, 0.717) is 12.2 Å². The second kappa shape index (κ2) is 6.61. The van der Waals surface area contributed by atoms with E-state index in [9.17, 15) is 8.42 Å². The lowest BCUT2D eigenvalue weighted by atomic mass is 10.2. The Morgan fingerprint density at radius 3 is 2.61 bits per heavy atom. The van der Waals surface area contributed by atoms with Crippen molar-refractivity contribution in [2.24, 2.45) is 5.16 Å². The number of hydrogen-bond donors (Lipinski definition) is 0. The van der Waals surface area contributed by atoms with Crippen LogP contribution < -0.4 is 4.74 Å². The van der Waals surface area contributed by atoms with Crippen LogP contribution in [0.1, 0.15) is 12.5 Å². The Hall–Kier alpha value is -2.07. The molecule has 0 aliphatic heterocycles. The van der Waals surface area contributed by atoms with Gasteiger partial charge in [0.25, 0.3) is 0 Å². The first kappa shape index (κ1) is 14.0. The van der Waals surface area contributed by atoms with Gasteiger partial charge in [-0.15, -0.1) is 0 Å². The van der Waals surface area contributed by atoms with Gasteiger partial charge in [-0.3, -0.25) is 4.28 Å². The molecule has 0 aliphatic rings. The Balaban J connectivity index is 2.49. The van der Waals surface area contributed by atoms with Crippen molar-refractivity contribution < 1.29 is 17.4 Å². The zero-order valence-electron chi connectivity index (χ0n) is 9.74. The molecule has 0 aliphatic carbocycles. The molecule has 0 aromatic heterocycles. The molecule has 0 N–H and O–H groups in total. The summed E-state index contributed by atoms with van der Waals surface area (Å²) in [7, 11) is -3.60. The highest BCUT2D eigenvalue weighted by molar-refractivity contribution is 7.86. The fourth-order valence-corrected chi connectivity index (χ4v) is 1.27. The van der Waals surface area contributed by atoms with Crippen LogP contribution in [-0.4, -0.2) is 20.6 Å². The van der Waals surface area contributed by atoms with E-state index in [-0.39, 0.29) is 5.75 Å². The van der Waals surface area contributed by atoms with Crippen LogP contribution in [0.2, 0.25) is 0 Å². The van der Waals surface area contributed by atoms with Gasteiger partial charge in [0.15, 0.2) is 0 Å². The van der Waals surface area contributed by atoms with Gasteiger partial charge in [0.05, 0.1) is 18.2 Å². The molecule has 0 unspecified atom stereocenters. The minimum Gasteiger partial charge on any atom is -0.442 e. The molecular weight excluding hydrogens is 256 g/mol. The molecule has 0 radical (unpaired) electrons. The van der Waals surface area contributed by atoms with Crippen molar-refractivity contribution in [3.8, 4) is 11.8 Å². The SMILES string of the molecule is CCS(=O)(=O)ON=COc1ccc(CC#N)cc1. The lowest BCUT2D eigenvalue weighted by Gasteiger charge is -2.00. The summed E-state index contributed by atoms with van der Waals surface area (Å²) in [5.74, 6) is 0.311. The number of hydrogen-bond acceptors (Lipinski definition) is 6. The number of nitriles is 1. The average molecular weight is 268 g/mol. The maximum Gasteiger partial charge on any atom is 0.328 e. The molecule has 18 heavy (non-hydrogen) atoms. The summed E-state index contributed by atoms with van der Waals surface area (Å²) in [5.41, 5.74) is 0.867. The lowest BCUT2D eigenvalue weighted by Crippen LogP contribution is -2.04. The molecule has 0 saturated heterocycles. The van der Waals surface area contributed by atoms with E-state index in [0.717, 1.165) is 12.0 Å². The number of nitrogens with zero attached hydrogens (tertiary/aromatic N) is 2. The van der Waals surface area contributed by atoms with Gasteiger partial charge in [-0.25, -0.2) is 0 Å². The fourth-order valence-electron chi connectivity index (χ4n) is 0.995. The van der Waals surface area contributed by atoms with Crippen molar-refractivity contribution in [3.05, 3.63) is 29.8 Å². The second-order valence-electron chi connectivity index (χ2n) is 3.23. The monoisotopic (exact) mass is 268 g/mol. The highest BCUT2D eigenvalue weighted by Crippen LogP contribution is 2.11. The maximum absolute atomic E-state index is 10.9. The highest BCUT2D eigenvalue weighted by atomic mass is 32.2. The maximum atomic E-state index is 10.9. The number of oxime groups is 1. The summed E-state index contributed by atoms with van der Waals surface area (Å²) in [6.07, 6.45) is 1.22. The third-order valence-electron chi connectivity index (χ3n) is 1.95. The molecule has 0 atom stereocenters. The Bertz CT molecular complexity index is 543. The van der Waals surface area contributed by atoms with Crippen LogP contribution in [0.15, 0.2) is 29.4 Å². The molecule has 1 rings (SSSR count). The highest BCUT2D eigenvalue weighted by Gasteiger charge is 2.05. The van der Waals surface area contributed by atoms with E-state index < -0.39 is 10.1 Å². The molecular formula is C11H12N2O4S. The van der Waals surface area contributed by atoms with Gasteiger partial charge in [0.1, 0.15) is 5.75 Å². The standard InChI is InChI=1S/C11H12N2O4S/c1-2-18(14,15)17-13-9-16-11-5-3-10(4-6-11)7-8-12/h3-6,9H,2,7H2,1H3. The first-order valence-electron chi connectivity index (χ1n) is 5.13. The molecule has 6 nitrogen and oxygen atoms in total. The molecule has 0 amide bonds. The summed E-state index contributed by atoms with van der Waals surface area (Å²) in [6, 6.07) is 8.78. The summed E-state index contributed by atoms with van der Waals surface area (Å²) in [4.78, 5) is 0. The van der Waals surface area contributed by atoms with Crippen LogP contribution >= 0.6 is 0 Å². The van der Waals surface area contributed by atoms with Crippen molar-refractivity contribution >= 4 is 16.5 Å². The van der Waals surface area contributed by atoms with Crippen LogP contribution in [-0.2, 0) is 20.8 Å². The lowest BCUT2D eigenvalue weighted by molar-refractivity contribution is 0.331. The van der Waals surface area contributed by atoms with Crippen LogP contribution in [0.25, 0.3) is 0 Å².